The average Bonchev–Trinajstić information content (AvgIpc) is 2.03. The van der Waals surface area contributed by atoms with Gasteiger partial charge in [0.2, 0.25) is 0 Å². The van der Waals surface area contributed by atoms with Crippen molar-refractivity contribution in [3.8, 4) is 0 Å². The molecule has 0 saturated carbocycles. The Morgan fingerprint density at radius 1 is 1.50 bits per heavy atom. The molecule has 0 bridgehead atoms. The Labute approximate surface area is 73.5 Å². The van der Waals surface area contributed by atoms with Gasteiger partial charge in [-0.2, -0.15) is 11.8 Å². The summed E-state index contributed by atoms with van der Waals surface area (Å²) in [7, 11) is 0. The molecule has 0 aromatic rings. The summed E-state index contributed by atoms with van der Waals surface area (Å²) in [5.74, 6) is 1.93. The molecule has 0 fully saturated rings. The van der Waals surface area contributed by atoms with E-state index in [9.17, 15) is 0 Å². The topological polar surface area (TPSA) is 9.23 Å². The second-order valence-corrected chi connectivity index (χ2v) is 3.10. The second-order valence-electron chi connectivity index (χ2n) is 1.88. The van der Waals surface area contributed by atoms with Crippen LogP contribution in [-0.4, -0.2) is 18.1 Å². The molecule has 0 amide bonds. The summed E-state index contributed by atoms with van der Waals surface area (Å²) in [6.07, 6.45) is 6.39. The van der Waals surface area contributed by atoms with Gasteiger partial charge < -0.3 is 11.7 Å². The number of allylic oxidation sites excluding steroid dienone is 2. The number of ether oxygens (including phenoxy) is 1. The van der Waals surface area contributed by atoms with Crippen LogP contribution >= 0.6 is 11.8 Å². The van der Waals surface area contributed by atoms with E-state index in [0.29, 0.717) is 0 Å². The maximum absolute atomic E-state index is 5.16. The minimum absolute atomic E-state index is 0. The van der Waals surface area contributed by atoms with Crippen molar-refractivity contribution in [1.29, 1.82) is 0 Å². The third-order valence-electron chi connectivity index (χ3n) is 0.985. The molecule has 0 aliphatic rings. The van der Waals surface area contributed by atoms with E-state index in [-0.39, 0.29) is 0 Å². The van der Waals surface area contributed by atoms with Crippen molar-refractivity contribution >= 4 is 11.8 Å². The average molecular weight is 438 g/mol. The Kier molecular flexibility index (Phi) is 13.6. The molecule has 0 aromatic carbocycles. The first-order valence-electron chi connectivity index (χ1n) is 3.66. The van der Waals surface area contributed by atoms with Gasteiger partial charge in [-0.25, -0.2) is 0 Å². The molecular formula is C9H15ORfS-. The molecule has 3 heteroatoms. The van der Waals surface area contributed by atoms with E-state index in [2.05, 4.69) is 13.5 Å². The minimum Gasteiger partial charge on any atom is -0.501 e. The Morgan fingerprint density at radius 2 is 2.25 bits per heavy atom. The zero-order valence-electron chi connectivity index (χ0n) is 7.50. The van der Waals surface area contributed by atoms with Crippen LogP contribution in [0.4, 0.5) is 0 Å². The van der Waals surface area contributed by atoms with Gasteiger partial charge in [0, 0.05) is 5.75 Å². The molecule has 0 spiro atoms. The van der Waals surface area contributed by atoms with Gasteiger partial charge in [0.25, 0.3) is 0 Å². The van der Waals surface area contributed by atoms with Gasteiger partial charge in [-0.05, 0) is 12.5 Å². The summed E-state index contributed by atoms with van der Waals surface area (Å²) in [6.45, 7) is 8.07. The van der Waals surface area contributed by atoms with Gasteiger partial charge in [-0.3, -0.25) is 0 Å². The molecular weight excluding hydrogens is 423 g/mol. The van der Waals surface area contributed by atoms with Crippen molar-refractivity contribution in [3.63, 3.8) is 0 Å². The normalized spacial score (nSPS) is 9.42. The standard InChI is InChI=1S/C9H15OS.Rf/c1-3-5-6-7-10-8-9-11-4-2;/h3,6-7H,1-2,4-5,8-9H2;/q-1;. The molecule has 0 radical (unpaired) electrons. The maximum Gasteiger partial charge on any atom is 0.0962 e. The number of thioether (sulfide) groups is 1. The molecule has 1 nitrogen and oxygen atoms in total. The summed E-state index contributed by atoms with van der Waals surface area (Å²) >= 11 is 1.78. The predicted octanol–water partition coefficient (Wildman–Crippen LogP) is 2.66. The van der Waals surface area contributed by atoms with E-state index in [1.807, 2.05) is 12.2 Å². The van der Waals surface area contributed by atoms with Crippen molar-refractivity contribution in [1.82, 2.24) is 0 Å². The van der Waals surface area contributed by atoms with Gasteiger partial charge in [-0.15, -0.1) is 12.3 Å². The van der Waals surface area contributed by atoms with Crippen LogP contribution in [0.1, 0.15) is 6.42 Å². The quantitative estimate of drug-likeness (QED) is 0.262. The fraction of sp³-hybridized carbons (Fsp3) is 0.444. The van der Waals surface area contributed by atoms with Crippen LogP contribution < -0.4 is 0 Å². The second kappa shape index (κ2) is 12.3. The maximum atomic E-state index is 5.16. The zero-order valence-corrected chi connectivity index (χ0v) is 14.7. The van der Waals surface area contributed by atoms with E-state index in [4.69, 9.17) is 4.74 Å². The largest absolute Gasteiger partial charge is 0.501 e. The molecule has 0 N–H and O–H groups in total. The molecule has 0 aliphatic carbocycles. The van der Waals surface area contributed by atoms with E-state index >= 15 is 0 Å². The van der Waals surface area contributed by atoms with Gasteiger partial charge in [-0.1, -0.05) is 6.08 Å². The molecule has 0 rings (SSSR count). The first kappa shape index (κ1) is 13.2. The van der Waals surface area contributed by atoms with Crippen molar-refractivity contribution in [2.45, 2.75) is 6.42 Å². The van der Waals surface area contributed by atoms with Crippen LogP contribution in [0.2, 0.25) is 0 Å². The Bertz CT molecular complexity index is 115. The van der Waals surface area contributed by atoms with Gasteiger partial charge >= 0.3 is 0 Å². The molecule has 66 valence electrons. The van der Waals surface area contributed by atoms with Crippen LogP contribution in [0, 0.1) is 6.92 Å². The first-order valence-corrected chi connectivity index (χ1v) is 4.81. The molecule has 0 aromatic heterocycles. The number of hydrogen-bond acceptors (Lipinski definition) is 2. The van der Waals surface area contributed by atoms with Crippen LogP contribution in [0.3, 0.4) is 0 Å². The summed E-state index contributed by atoms with van der Waals surface area (Å²) in [4.78, 5) is 0. The van der Waals surface area contributed by atoms with Crippen molar-refractivity contribution in [2.75, 3.05) is 18.1 Å². The van der Waals surface area contributed by atoms with Crippen molar-refractivity contribution in [2.24, 2.45) is 0 Å². The summed E-state index contributed by atoms with van der Waals surface area (Å²) in [5.41, 5.74) is 0. The molecule has 12 heavy (non-hydrogen) atoms. The third-order valence-corrected chi connectivity index (χ3v) is 1.73. The summed E-state index contributed by atoms with van der Waals surface area (Å²) in [6, 6.07) is 0. The fourth-order valence-corrected chi connectivity index (χ4v) is 0.915. The fourth-order valence-electron chi connectivity index (χ4n) is 0.497. The van der Waals surface area contributed by atoms with Crippen LogP contribution in [0.5, 0.6) is 0 Å². The number of hydrogen-bond donors (Lipinski definition) is 0. The molecule has 0 saturated heterocycles. The van der Waals surface area contributed by atoms with E-state index in [0.717, 1.165) is 24.5 Å². The third kappa shape index (κ3) is 11.4. The monoisotopic (exact) mass is 438 g/mol. The van der Waals surface area contributed by atoms with Crippen molar-refractivity contribution in [3.05, 3.63) is 31.9 Å². The van der Waals surface area contributed by atoms with E-state index < -0.39 is 0 Å². The summed E-state index contributed by atoms with van der Waals surface area (Å²) in [5, 5.41) is 0. The van der Waals surface area contributed by atoms with Gasteiger partial charge in [0.1, 0.15) is 0 Å². The molecule has 0 aliphatic heterocycles. The first-order chi connectivity index (χ1) is 5.41. The van der Waals surface area contributed by atoms with Crippen LogP contribution in [0.15, 0.2) is 25.0 Å². The minimum atomic E-state index is 0. The Morgan fingerprint density at radius 3 is 2.83 bits per heavy atom. The van der Waals surface area contributed by atoms with E-state index in [1.54, 1.807) is 18.0 Å². The van der Waals surface area contributed by atoms with Crippen LogP contribution in [0.25, 0.3) is 0 Å². The van der Waals surface area contributed by atoms with Gasteiger partial charge in [0.15, 0.2) is 0 Å². The Hall–Kier alpha value is -1.37. The summed E-state index contributed by atoms with van der Waals surface area (Å²) < 4.78 is 5.16. The molecule has 0 unspecified atom stereocenters. The smallest absolute Gasteiger partial charge is 0.0962 e. The zero-order chi connectivity index (χ0) is 8.36. The predicted molar refractivity (Wildman–Crippen MR) is 52.6 cm³/mol. The SMILES string of the molecule is C=CCC=COCCSC[CH2-].[Rf]. The van der Waals surface area contributed by atoms with E-state index in [1.165, 1.54) is 0 Å². The van der Waals surface area contributed by atoms with Gasteiger partial charge in [0.05, 0.1) is 12.9 Å². The molecule has 0 atom stereocenters. The van der Waals surface area contributed by atoms with Crippen LogP contribution in [-0.2, 0) is 4.74 Å². The number of rotatable bonds is 7. The Balaban J connectivity index is 0. The van der Waals surface area contributed by atoms with Crippen molar-refractivity contribution < 1.29 is 4.74 Å². The molecule has 0 heterocycles.